The lowest BCUT2D eigenvalue weighted by molar-refractivity contribution is -0.123. The van der Waals surface area contributed by atoms with Crippen LogP contribution in [-0.4, -0.2) is 45.7 Å². The van der Waals surface area contributed by atoms with Crippen LogP contribution >= 0.6 is 27.5 Å². The van der Waals surface area contributed by atoms with Crippen molar-refractivity contribution in [2.75, 3.05) is 4.90 Å². The summed E-state index contributed by atoms with van der Waals surface area (Å²) in [5.41, 5.74) is 1.86. The monoisotopic (exact) mass is 607 g/mol. The van der Waals surface area contributed by atoms with E-state index in [1.54, 1.807) is 12.1 Å². The second-order valence-corrected chi connectivity index (χ2v) is 11.4. The number of nitrogens with zero attached hydrogens (tertiary/aromatic N) is 1. The van der Waals surface area contributed by atoms with E-state index in [2.05, 4.69) is 15.9 Å². The zero-order valence-corrected chi connectivity index (χ0v) is 22.5. The highest BCUT2D eigenvalue weighted by molar-refractivity contribution is 9.12. The lowest BCUT2D eigenvalue weighted by atomic mass is 9.59. The van der Waals surface area contributed by atoms with Gasteiger partial charge in [-0.15, -0.1) is 0 Å². The molecule has 0 radical (unpaired) electrons. The van der Waals surface area contributed by atoms with Gasteiger partial charge in [-0.25, -0.2) is 0 Å². The van der Waals surface area contributed by atoms with Gasteiger partial charge in [0.2, 0.25) is 11.8 Å². The smallest absolute Gasteiger partial charge is 0.488 e. The Bertz CT molecular complexity index is 1600. The topological polar surface area (TPSA) is 132 Å². The van der Waals surface area contributed by atoms with E-state index in [0.29, 0.717) is 16.2 Å². The molecule has 2 aromatic rings. The van der Waals surface area contributed by atoms with Crippen LogP contribution in [0.5, 0.6) is 5.75 Å². The van der Waals surface area contributed by atoms with Crippen molar-refractivity contribution in [2.24, 2.45) is 17.8 Å². The SMILES string of the molecule is O=C1C=C(Br)C(=O)C2=C1[C@@H](c1cc(Cl)ccc1O)C1=CC[C@@H]3C(=O)N(c4cccc(B(O)O)c4)C(=O)[C@@H]3[C@@H]1C2. The van der Waals surface area contributed by atoms with Gasteiger partial charge in [0.05, 0.1) is 22.0 Å². The minimum atomic E-state index is -1.77. The molecule has 2 aromatic carbocycles. The highest BCUT2D eigenvalue weighted by Gasteiger charge is 2.57. The average molecular weight is 609 g/mol. The fourth-order valence-corrected chi connectivity index (χ4v) is 7.03. The molecular weight excluding hydrogens is 588 g/mol. The van der Waals surface area contributed by atoms with E-state index in [1.165, 1.54) is 36.4 Å². The number of fused-ring (bicyclic) bond motifs is 3. The van der Waals surface area contributed by atoms with Crippen LogP contribution in [0.1, 0.15) is 24.3 Å². The lowest BCUT2D eigenvalue weighted by Crippen LogP contribution is -2.39. The van der Waals surface area contributed by atoms with Crippen molar-refractivity contribution in [3.63, 3.8) is 0 Å². The van der Waals surface area contributed by atoms with Crippen molar-refractivity contribution in [3.8, 4) is 5.75 Å². The number of halogens is 2. The molecule has 3 aliphatic carbocycles. The van der Waals surface area contributed by atoms with Gasteiger partial charge in [0, 0.05) is 33.7 Å². The predicted molar refractivity (Wildman–Crippen MR) is 146 cm³/mol. The number of rotatable bonds is 3. The Labute approximate surface area is 236 Å². The highest BCUT2D eigenvalue weighted by atomic mass is 79.9. The molecule has 0 bridgehead atoms. The number of Topliss-reactive ketones (excluding diaryl/α,β-unsaturated/α-hetero) is 1. The number of phenols is 1. The van der Waals surface area contributed by atoms with E-state index >= 15 is 0 Å². The Morgan fingerprint density at radius 1 is 1.00 bits per heavy atom. The summed E-state index contributed by atoms with van der Waals surface area (Å²) in [4.78, 5) is 55.1. The maximum absolute atomic E-state index is 13.9. The number of phenolic OH excluding ortho intramolecular Hbond substituents is 1. The second-order valence-electron chi connectivity index (χ2n) is 10.1. The number of hydrogen-bond donors (Lipinski definition) is 3. The fraction of sp³-hybridized carbons (Fsp3) is 0.214. The van der Waals surface area contributed by atoms with Gasteiger partial charge >= 0.3 is 7.12 Å². The number of ketones is 2. The van der Waals surface area contributed by atoms with E-state index in [9.17, 15) is 34.3 Å². The number of allylic oxidation sites excluding steroid dienone is 6. The molecule has 4 aliphatic rings. The number of anilines is 1. The normalized spacial score (nSPS) is 26.2. The standard InChI is InChI=1S/C28H20BBrClNO7/c30-20-11-22(34)25-19(26(20)35)10-17-15(23(25)18-9-13(31)4-7-21(18)33)5-6-16-24(17)28(37)32(27(16)36)14-3-1-2-12(8-14)29(38)39/h1-5,7-9,11,16-17,23-24,33,38-39H,6,10H2/t16-,17+,23+,24-/m0/s1. The zero-order valence-electron chi connectivity index (χ0n) is 20.2. The Morgan fingerprint density at radius 2 is 1.77 bits per heavy atom. The van der Waals surface area contributed by atoms with Crippen LogP contribution in [-0.2, 0) is 19.2 Å². The van der Waals surface area contributed by atoms with Gasteiger partial charge < -0.3 is 15.2 Å². The molecule has 1 heterocycles. The van der Waals surface area contributed by atoms with E-state index in [1.807, 2.05) is 6.08 Å². The largest absolute Gasteiger partial charge is 0.508 e. The molecule has 3 N–H and O–H groups in total. The van der Waals surface area contributed by atoms with Crippen LogP contribution in [0.4, 0.5) is 5.69 Å². The van der Waals surface area contributed by atoms with Crippen LogP contribution in [0.15, 0.2) is 75.8 Å². The van der Waals surface area contributed by atoms with Crippen molar-refractivity contribution in [2.45, 2.75) is 18.8 Å². The molecule has 6 rings (SSSR count). The molecule has 2 amide bonds. The van der Waals surface area contributed by atoms with Gasteiger partial charge in [0.1, 0.15) is 5.75 Å². The highest BCUT2D eigenvalue weighted by Crippen LogP contribution is 2.56. The van der Waals surface area contributed by atoms with Gasteiger partial charge in [0.25, 0.3) is 0 Å². The first-order valence-electron chi connectivity index (χ1n) is 12.3. The molecule has 4 atom stereocenters. The first-order valence-corrected chi connectivity index (χ1v) is 13.5. The Balaban J connectivity index is 1.49. The van der Waals surface area contributed by atoms with Gasteiger partial charge in [-0.3, -0.25) is 24.1 Å². The van der Waals surface area contributed by atoms with Crippen LogP contribution in [0.25, 0.3) is 0 Å². The molecule has 1 saturated heterocycles. The van der Waals surface area contributed by atoms with Gasteiger partial charge in [-0.2, -0.15) is 0 Å². The molecule has 11 heteroatoms. The van der Waals surface area contributed by atoms with Gasteiger partial charge in [0.15, 0.2) is 11.6 Å². The summed E-state index contributed by atoms with van der Waals surface area (Å²) < 4.78 is 0.106. The first-order chi connectivity index (χ1) is 18.6. The number of carbonyl (C=O) groups is 4. The molecule has 39 heavy (non-hydrogen) atoms. The molecule has 1 fully saturated rings. The molecule has 0 unspecified atom stereocenters. The summed E-state index contributed by atoms with van der Waals surface area (Å²) >= 11 is 9.45. The maximum atomic E-state index is 13.9. The molecule has 8 nitrogen and oxygen atoms in total. The summed E-state index contributed by atoms with van der Waals surface area (Å²) in [5.74, 6) is -4.67. The number of hydrogen-bond acceptors (Lipinski definition) is 7. The van der Waals surface area contributed by atoms with Crippen LogP contribution in [0.2, 0.25) is 5.02 Å². The van der Waals surface area contributed by atoms with Gasteiger partial charge in [-0.1, -0.05) is 35.4 Å². The van der Waals surface area contributed by atoms with Crippen molar-refractivity contribution < 1.29 is 34.3 Å². The minimum Gasteiger partial charge on any atom is -0.508 e. The first kappa shape index (κ1) is 25.9. The third-order valence-corrected chi connectivity index (χ3v) is 8.88. The van der Waals surface area contributed by atoms with E-state index < -0.39 is 42.6 Å². The Kier molecular flexibility index (Phi) is 6.26. The third-order valence-electron chi connectivity index (χ3n) is 8.06. The Morgan fingerprint density at radius 3 is 2.51 bits per heavy atom. The molecule has 0 aromatic heterocycles. The average Bonchev–Trinajstić information content (AvgIpc) is 3.17. The number of carbonyl (C=O) groups excluding carboxylic acids is 4. The summed E-state index contributed by atoms with van der Waals surface area (Å²) in [5, 5.41) is 30.3. The molecular formula is C28H20BBrClNO7. The summed E-state index contributed by atoms with van der Waals surface area (Å²) in [7, 11) is -1.77. The van der Waals surface area contributed by atoms with Crippen molar-refractivity contribution >= 4 is 69.2 Å². The summed E-state index contributed by atoms with van der Waals surface area (Å²) in [6, 6.07) is 10.4. The third kappa shape index (κ3) is 3.97. The summed E-state index contributed by atoms with van der Waals surface area (Å²) in [6.45, 7) is 0. The molecule has 0 spiro atoms. The van der Waals surface area contributed by atoms with Crippen LogP contribution in [0, 0.1) is 17.8 Å². The number of aromatic hydroxyl groups is 1. The van der Waals surface area contributed by atoms with Gasteiger partial charge in [-0.05, 0) is 70.5 Å². The van der Waals surface area contributed by atoms with Crippen LogP contribution < -0.4 is 10.4 Å². The maximum Gasteiger partial charge on any atom is 0.488 e. The van der Waals surface area contributed by atoms with E-state index in [-0.39, 0.29) is 56.9 Å². The van der Waals surface area contributed by atoms with Crippen molar-refractivity contribution in [1.29, 1.82) is 0 Å². The number of benzene rings is 2. The zero-order chi connectivity index (χ0) is 27.7. The molecule has 196 valence electrons. The number of amides is 2. The van der Waals surface area contributed by atoms with E-state index in [0.717, 1.165) is 4.90 Å². The van der Waals surface area contributed by atoms with Crippen LogP contribution in [0.3, 0.4) is 0 Å². The van der Waals surface area contributed by atoms with Crippen molar-refractivity contribution in [3.05, 3.63) is 86.4 Å². The minimum absolute atomic E-state index is 0.0793. The lowest BCUT2D eigenvalue weighted by Gasteiger charge is -2.42. The fourth-order valence-electron chi connectivity index (χ4n) is 6.40. The molecule has 0 saturated carbocycles. The second kappa shape index (κ2) is 9.41. The van der Waals surface area contributed by atoms with Crippen molar-refractivity contribution in [1.82, 2.24) is 0 Å². The summed E-state index contributed by atoms with van der Waals surface area (Å²) in [6.07, 6.45) is 3.36. The Hall–Kier alpha value is -3.31. The predicted octanol–water partition coefficient (Wildman–Crippen LogP) is 2.69. The van der Waals surface area contributed by atoms with E-state index in [4.69, 9.17) is 11.6 Å². The number of imide groups is 1. The quantitative estimate of drug-likeness (QED) is 0.211. The molecule has 1 aliphatic heterocycles.